The van der Waals surface area contributed by atoms with Gasteiger partial charge in [-0.1, -0.05) is 236 Å². The summed E-state index contributed by atoms with van der Waals surface area (Å²) in [4.78, 5) is 37.8. The van der Waals surface area contributed by atoms with Gasteiger partial charge in [0.25, 0.3) is 0 Å². The molecular weight excluding hydrogens is 721 g/mol. The number of carbonyl (C=O) groups excluding carboxylic acids is 3. The van der Waals surface area contributed by atoms with Gasteiger partial charge in [-0.25, -0.2) is 0 Å². The molecule has 0 aromatic heterocycles. The van der Waals surface area contributed by atoms with Crippen molar-refractivity contribution in [2.75, 3.05) is 13.2 Å². The van der Waals surface area contributed by atoms with Gasteiger partial charge in [0.05, 0.1) is 0 Å². The predicted octanol–water partition coefficient (Wildman–Crippen LogP) is 15.7. The molecule has 0 radical (unpaired) electrons. The summed E-state index contributed by atoms with van der Waals surface area (Å²) in [7, 11) is 0. The Morgan fingerprint density at radius 1 is 0.362 bits per heavy atom. The first kappa shape index (κ1) is 55.1. The molecule has 0 fully saturated rings. The Labute approximate surface area is 358 Å². The van der Waals surface area contributed by atoms with E-state index in [0.29, 0.717) is 19.3 Å². The van der Waals surface area contributed by atoms with Gasteiger partial charge >= 0.3 is 17.9 Å². The monoisotopic (exact) mass is 811 g/mol. The lowest BCUT2D eigenvalue weighted by molar-refractivity contribution is -0.167. The minimum Gasteiger partial charge on any atom is -0.462 e. The number of unbranched alkanes of at least 4 members (excludes halogenated alkanes) is 26. The van der Waals surface area contributed by atoms with Gasteiger partial charge in [0.1, 0.15) is 13.2 Å². The Morgan fingerprint density at radius 2 is 0.672 bits per heavy atom. The minimum atomic E-state index is -0.786. The number of carbonyl (C=O) groups is 3. The first-order valence-electron chi connectivity index (χ1n) is 24.4. The van der Waals surface area contributed by atoms with Gasteiger partial charge in [-0.05, 0) is 38.5 Å². The van der Waals surface area contributed by atoms with Crippen molar-refractivity contribution in [2.24, 2.45) is 0 Å². The lowest BCUT2D eigenvalue weighted by atomic mass is 10.0. The maximum absolute atomic E-state index is 12.8. The van der Waals surface area contributed by atoms with Crippen LogP contribution in [0.3, 0.4) is 0 Å². The highest BCUT2D eigenvalue weighted by Crippen LogP contribution is 2.15. The number of allylic oxidation sites excluding steroid dienone is 10. The van der Waals surface area contributed by atoms with Crippen LogP contribution < -0.4 is 0 Å². The zero-order chi connectivity index (χ0) is 42.3. The highest BCUT2D eigenvalue weighted by Gasteiger charge is 2.19. The number of ether oxygens (including phenoxy) is 3. The molecule has 0 saturated carbocycles. The van der Waals surface area contributed by atoms with E-state index in [9.17, 15) is 14.4 Å². The smallest absolute Gasteiger partial charge is 0.306 e. The van der Waals surface area contributed by atoms with Crippen LogP contribution in [0.15, 0.2) is 60.8 Å². The quantitative estimate of drug-likeness (QED) is 0.0264. The van der Waals surface area contributed by atoms with Crippen LogP contribution in [0, 0.1) is 0 Å². The van der Waals surface area contributed by atoms with Crippen molar-refractivity contribution in [3.05, 3.63) is 60.8 Å². The molecule has 0 bridgehead atoms. The van der Waals surface area contributed by atoms with E-state index in [-0.39, 0.29) is 31.1 Å². The van der Waals surface area contributed by atoms with Crippen molar-refractivity contribution in [1.29, 1.82) is 0 Å². The minimum absolute atomic E-state index is 0.0851. The molecule has 58 heavy (non-hydrogen) atoms. The molecule has 0 N–H and O–H groups in total. The van der Waals surface area contributed by atoms with Gasteiger partial charge in [0.2, 0.25) is 0 Å². The summed E-state index contributed by atoms with van der Waals surface area (Å²) < 4.78 is 16.7. The molecule has 0 aliphatic heterocycles. The molecule has 0 amide bonds. The molecule has 1 atom stereocenters. The van der Waals surface area contributed by atoms with Crippen LogP contribution in [0.4, 0.5) is 0 Å². The zero-order valence-corrected chi connectivity index (χ0v) is 38.0. The topological polar surface area (TPSA) is 78.9 Å². The Balaban J connectivity index is 4.44. The third kappa shape index (κ3) is 44.2. The fourth-order valence-electron chi connectivity index (χ4n) is 6.76. The first-order chi connectivity index (χ1) is 28.5. The number of hydrogen-bond acceptors (Lipinski definition) is 6. The second-order valence-corrected chi connectivity index (χ2v) is 16.1. The van der Waals surface area contributed by atoms with E-state index in [2.05, 4.69) is 32.9 Å². The van der Waals surface area contributed by atoms with Crippen molar-refractivity contribution >= 4 is 17.9 Å². The van der Waals surface area contributed by atoms with Crippen molar-refractivity contribution in [2.45, 2.75) is 239 Å². The average Bonchev–Trinajstić information content (AvgIpc) is 3.22. The Bertz CT molecular complexity index is 1070. The van der Waals surface area contributed by atoms with Gasteiger partial charge in [0, 0.05) is 19.3 Å². The van der Waals surface area contributed by atoms with Crippen molar-refractivity contribution in [1.82, 2.24) is 0 Å². The average molecular weight is 811 g/mol. The van der Waals surface area contributed by atoms with E-state index in [1.54, 1.807) is 0 Å². The summed E-state index contributed by atoms with van der Waals surface area (Å²) in [6.07, 6.45) is 56.3. The normalized spacial score (nSPS) is 12.5. The van der Waals surface area contributed by atoms with Crippen LogP contribution in [0.2, 0.25) is 0 Å². The summed E-state index contributed by atoms with van der Waals surface area (Å²) in [5, 5.41) is 0. The largest absolute Gasteiger partial charge is 0.462 e. The van der Waals surface area contributed by atoms with Crippen LogP contribution in [0.5, 0.6) is 0 Å². The third-order valence-electron chi connectivity index (χ3n) is 10.4. The molecular formula is C52H90O6. The van der Waals surface area contributed by atoms with Gasteiger partial charge in [-0.15, -0.1) is 0 Å². The molecule has 6 heteroatoms. The van der Waals surface area contributed by atoms with Crippen molar-refractivity contribution in [3.63, 3.8) is 0 Å². The van der Waals surface area contributed by atoms with E-state index in [1.165, 1.54) is 122 Å². The Morgan fingerprint density at radius 3 is 1.05 bits per heavy atom. The second-order valence-electron chi connectivity index (χ2n) is 16.1. The van der Waals surface area contributed by atoms with E-state index in [0.717, 1.165) is 70.6 Å². The van der Waals surface area contributed by atoms with Gasteiger partial charge in [0.15, 0.2) is 6.10 Å². The predicted molar refractivity (Wildman–Crippen MR) is 247 cm³/mol. The fraction of sp³-hybridized carbons (Fsp3) is 0.750. The fourth-order valence-corrected chi connectivity index (χ4v) is 6.76. The molecule has 0 heterocycles. The molecule has 0 aliphatic carbocycles. The van der Waals surface area contributed by atoms with Crippen LogP contribution in [0.25, 0.3) is 0 Å². The van der Waals surface area contributed by atoms with Crippen molar-refractivity contribution < 1.29 is 28.6 Å². The molecule has 0 spiro atoms. The van der Waals surface area contributed by atoms with E-state index in [4.69, 9.17) is 14.2 Å². The summed E-state index contributed by atoms with van der Waals surface area (Å²) in [6.45, 7) is 6.45. The number of hydrogen-bond donors (Lipinski definition) is 0. The third-order valence-corrected chi connectivity index (χ3v) is 10.4. The van der Waals surface area contributed by atoms with E-state index >= 15 is 0 Å². The lowest BCUT2D eigenvalue weighted by Crippen LogP contribution is -2.30. The highest BCUT2D eigenvalue weighted by atomic mass is 16.6. The zero-order valence-electron chi connectivity index (χ0n) is 38.0. The summed E-state index contributed by atoms with van der Waals surface area (Å²) in [6, 6.07) is 0. The molecule has 1 unspecified atom stereocenters. The van der Waals surface area contributed by atoms with Gasteiger partial charge in [-0.2, -0.15) is 0 Å². The molecule has 0 aromatic carbocycles. The number of rotatable bonds is 43. The van der Waals surface area contributed by atoms with Crippen LogP contribution in [0.1, 0.15) is 233 Å². The molecule has 0 rings (SSSR count). The maximum Gasteiger partial charge on any atom is 0.306 e. The molecule has 0 saturated heterocycles. The maximum atomic E-state index is 12.8. The Kier molecular flexibility index (Phi) is 44.5. The van der Waals surface area contributed by atoms with Gasteiger partial charge in [-0.3, -0.25) is 14.4 Å². The standard InChI is InChI=1S/C52H90O6/c1-4-7-10-13-16-19-22-24-26-28-30-33-36-39-42-45-51(54)57-48-49(47-56-50(53)44-41-38-35-32-29-21-18-15-12-9-6-3)58-52(55)46-43-40-37-34-31-27-25-23-20-17-14-11-8-5-2/h7,10,13,16,19,22,24,26,28,30,49H,4-6,8-9,11-12,14-15,17-18,20-21,23,25,27,29,31-48H2,1-3H3/b10-7-,16-13-,22-19-,26-24-,30-28-. The second kappa shape index (κ2) is 46.8. The Hall–Kier alpha value is -2.89. The van der Waals surface area contributed by atoms with Crippen molar-refractivity contribution in [3.8, 4) is 0 Å². The summed E-state index contributed by atoms with van der Waals surface area (Å²) >= 11 is 0. The first-order valence-corrected chi connectivity index (χ1v) is 24.4. The number of esters is 3. The molecule has 0 aromatic rings. The SMILES string of the molecule is CC\C=C/C=C\C=C/C=C\C=C/CCCCCC(=O)OCC(COC(=O)CCCCCCCCCCCCC)OC(=O)CCCCCCCCCCCCCCCC. The summed E-state index contributed by atoms with van der Waals surface area (Å²) in [5.41, 5.74) is 0. The van der Waals surface area contributed by atoms with Gasteiger partial charge < -0.3 is 14.2 Å². The summed E-state index contributed by atoms with van der Waals surface area (Å²) in [5.74, 6) is -0.925. The molecule has 334 valence electrons. The van der Waals surface area contributed by atoms with Crippen LogP contribution in [-0.4, -0.2) is 37.2 Å². The van der Waals surface area contributed by atoms with Crippen LogP contribution in [-0.2, 0) is 28.6 Å². The lowest BCUT2D eigenvalue weighted by Gasteiger charge is -2.18. The van der Waals surface area contributed by atoms with Crippen LogP contribution >= 0.6 is 0 Å². The molecule has 6 nitrogen and oxygen atoms in total. The van der Waals surface area contributed by atoms with E-state index < -0.39 is 6.10 Å². The van der Waals surface area contributed by atoms with E-state index in [1.807, 2.05) is 48.6 Å². The molecule has 0 aliphatic rings. The highest BCUT2D eigenvalue weighted by molar-refractivity contribution is 5.71.